The van der Waals surface area contributed by atoms with Gasteiger partial charge in [0.05, 0.1) is 11.7 Å². The number of rotatable bonds is 5. The van der Waals surface area contributed by atoms with Gasteiger partial charge in [-0.25, -0.2) is 0 Å². The van der Waals surface area contributed by atoms with Crippen molar-refractivity contribution in [1.29, 1.82) is 0 Å². The largest absolute Gasteiger partial charge is 0.342 e. The van der Waals surface area contributed by atoms with Crippen LogP contribution in [-0.2, 0) is 9.59 Å². The van der Waals surface area contributed by atoms with Gasteiger partial charge in [-0.2, -0.15) is 5.10 Å². The monoisotopic (exact) mass is 453 g/mol. The number of aryl methyl sites for hydroxylation is 1. The molecule has 1 spiro atoms. The topological polar surface area (TPSA) is 81.7 Å². The first-order valence-corrected chi connectivity index (χ1v) is 12.3. The van der Waals surface area contributed by atoms with Crippen LogP contribution in [0.3, 0.4) is 0 Å². The molecule has 2 aliphatic heterocycles. The summed E-state index contributed by atoms with van der Waals surface area (Å²) in [6.45, 7) is 4.27. The van der Waals surface area contributed by atoms with E-state index in [2.05, 4.69) is 53.5 Å². The molecule has 1 N–H and O–H groups in total. The molecular formula is C27H27N5O2. The van der Waals surface area contributed by atoms with Gasteiger partial charge in [0, 0.05) is 42.4 Å². The summed E-state index contributed by atoms with van der Waals surface area (Å²) in [5.41, 5.74) is 4.92. The van der Waals surface area contributed by atoms with Crippen molar-refractivity contribution in [2.24, 2.45) is 16.8 Å². The number of fused-ring (bicyclic) bond motifs is 1. The number of carbonyl (C=O) groups is 2. The molecule has 2 aliphatic carbocycles. The number of aliphatic imine (C=N–C) groups is 1. The predicted octanol–water partition coefficient (Wildman–Crippen LogP) is 3.53. The molecule has 0 bridgehead atoms. The Labute approximate surface area is 197 Å². The average molecular weight is 454 g/mol. The van der Waals surface area contributed by atoms with E-state index < -0.39 is 5.54 Å². The van der Waals surface area contributed by atoms with E-state index in [4.69, 9.17) is 4.99 Å². The van der Waals surface area contributed by atoms with Gasteiger partial charge >= 0.3 is 0 Å². The molecule has 3 aromatic rings. The van der Waals surface area contributed by atoms with Crippen molar-refractivity contribution in [3.63, 3.8) is 0 Å². The van der Waals surface area contributed by atoms with Crippen LogP contribution in [0.1, 0.15) is 36.8 Å². The van der Waals surface area contributed by atoms with Gasteiger partial charge in [0.1, 0.15) is 11.4 Å². The number of nitrogens with one attached hydrogen (secondary N) is 1. The first-order chi connectivity index (χ1) is 16.5. The minimum atomic E-state index is -0.527. The zero-order valence-electron chi connectivity index (χ0n) is 19.3. The summed E-state index contributed by atoms with van der Waals surface area (Å²) in [6.07, 6.45) is 5.58. The van der Waals surface area contributed by atoms with Crippen molar-refractivity contribution in [3.05, 3.63) is 53.7 Å². The normalized spacial score (nSPS) is 21.3. The first kappa shape index (κ1) is 19.9. The van der Waals surface area contributed by atoms with Crippen molar-refractivity contribution >= 4 is 28.6 Å². The summed E-state index contributed by atoms with van der Waals surface area (Å²) >= 11 is 0. The number of hydrogen-bond donors (Lipinski definition) is 1. The van der Waals surface area contributed by atoms with Gasteiger partial charge in [-0.05, 0) is 61.4 Å². The number of aromatic nitrogens is 2. The minimum absolute atomic E-state index is 0.140. The zero-order chi connectivity index (χ0) is 23.0. The van der Waals surface area contributed by atoms with E-state index in [1.807, 2.05) is 16.0 Å². The van der Waals surface area contributed by atoms with E-state index in [-0.39, 0.29) is 11.8 Å². The second-order valence-corrected chi connectivity index (χ2v) is 10.5. The van der Waals surface area contributed by atoms with Crippen LogP contribution in [0.5, 0.6) is 0 Å². The number of aromatic amines is 1. The smallest absolute Gasteiger partial charge is 0.256 e. The Morgan fingerprint density at radius 2 is 1.91 bits per heavy atom. The van der Waals surface area contributed by atoms with Crippen molar-refractivity contribution in [1.82, 2.24) is 20.0 Å². The molecule has 2 aromatic carbocycles. The molecule has 3 heterocycles. The fourth-order valence-electron chi connectivity index (χ4n) is 5.44. The summed E-state index contributed by atoms with van der Waals surface area (Å²) in [6, 6.07) is 12.7. The lowest BCUT2D eigenvalue weighted by Crippen LogP contribution is -2.55. The summed E-state index contributed by atoms with van der Waals surface area (Å²) in [4.78, 5) is 34.4. The molecular weight excluding hydrogens is 426 g/mol. The van der Waals surface area contributed by atoms with Gasteiger partial charge in [-0.3, -0.25) is 24.6 Å². The lowest BCUT2D eigenvalue weighted by Gasteiger charge is -2.41. The Balaban J connectivity index is 1.14. The van der Waals surface area contributed by atoms with Gasteiger partial charge in [-0.15, -0.1) is 0 Å². The number of hydrogen-bond acceptors (Lipinski definition) is 4. The Morgan fingerprint density at radius 1 is 1.12 bits per heavy atom. The third-order valence-corrected chi connectivity index (χ3v) is 7.82. The maximum absolute atomic E-state index is 13.3. The predicted molar refractivity (Wildman–Crippen MR) is 129 cm³/mol. The fraction of sp³-hybridized carbons (Fsp3) is 0.407. The molecule has 2 saturated carbocycles. The van der Waals surface area contributed by atoms with Crippen LogP contribution in [0.25, 0.3) is 22.0 Å². The summed E-state index contributed by atoms with van der Waals surface area (Å²) in [5.74, 6) is 1.83. The summed E-state index contributed by atoms with van der Waals surface area (Å²) < 4.78 is 0. The Hall–Kier alpha value is -3.48. The maximum Gasteiger partial charge on any atom is 0.256 e. The molecule has 0 unspecified atom stereocenters. The Morgan fingerprint density at radius 3 is 2.65 bits per heavy atom. The fourth-order valence-corrected chi connectivity index (χ4v) is 5.44. The number of nitrogens with zero attached hydrogens (tertiary/aromatic N) is 4. The lowest BCUT2D eigenvalue weighted by atomic mass is 9.96. The highest BCUT2D eigenvalue weighted by Gasteiger charge is 2.57. The van der Waals surface area contributed by atoms with E-state index in [9.17, 15) is 9.59 Å². The highest BCUT2D eigenvalue weighted by atomic mass is 16.2. The number of likely N-dealkylation sites (tertiary alicyclic amines) is 1. The van der Waals surface area contributed by atoms with Gasteiger partial charge in [0.15, 0.2) is 0 Å². The molecule has 7 heteroatoms. The Bertz CT molecular complexity index is 1370. The molecule has 1 aromatic heterocycles. The summed E-state index contributed by atoms with van der Waals surface area (Å²) in [7, 11) is 0. The van der Waals surface area contributed by atoms with Gasteiger partial charge in [0.2, 0.25) is 5.91 Å². The molecule has 0 atom stereocenters. The van der Waals surface area contributed by atoms with Gasteiger partial charge < -0.3 is 4.90 Å². The SMILES string of the molecule is Cc1cc(C2=NC3(CC3)C(=O)N2CC2CN(C(=O)C3CC3)C2)ccc1-c1ccc2cn[nH]c2c1. The second kappa shape index (κ2) is 7.01. The van der Waals surface area contributed by atoms with Crippen LogP contribution in [-0.4, -0.2) is 62.8 Å². The quantitative estimate of drug-likeness (QED) is 0.642. The van der Waals surface area contributed by atoms with E-state index >= 15 is 0 Å². The first-order valence-electron chi connectivity index (χ1n) is 12.3. The minimum Gasteiger partial charge on any atom is -0.342 e. The van der Waals surface area contributed by atoms with Crippen molar-refractivity contribution in [3.8, 4) is 11.1 Å². The number of benzene rings is 2. The second-order valence-electron chi connectivity index (χ2n) is 10.5. The van der Waals surface area contributed by atoms with Crippen molar-refractivity contribution in [2.75, 3.05) is 19.6 Å². The molecule has 2 amide bonds. The van der Waals surface area contributed by atoms with Crippen LogP contribution in [0, 0.1) is 18.8 Å². The van der Waals surface area contributed by atoms with E-state index in [0.717, 1.165) is 77.8 Å². The van der Waals surface area contributed by atoms with Crippen molar-refractivity contribution in [2.45, 2.75) is 38.1 Å². The third-order valence-electron chi connectivity index (χ3n) is 7.82. The highest BCUT2D eigenvalue weighted by molar-refractivity contribution is 6.16. The molecule has 7 rings (SSSR count). The van der Waals surface area contributed by atoms with Gasteiger partial charge in [-0.1, -0.05) is 24.3 Å². The maximum atomic E-state index is 13.3. The van der Waals surface area contributed by atoms with Crippen LogP contribution in [0.15, 0.2) is 47.6 Å². The molecule has 0 radical (unpaired) electrons. The summed E-state index contributed by atoms with van der Waals surface area (Å²) in [5, 5.41) is 8.26. The van der Waals surface area contributed by atoms with E-state index in [0.29, 0.717) is 18.4 Å². The lowest BCUT2D eigenvalue weighted by molar-refractivity contribution is -0.139. The highest BCUT2D eigenvalue weighted by Crippen LogP contribution is 2.46. The molecule has 3 fully saturated rings. The number of amides is 2. The molecule has 4 aliphatic rings. The zero-order valence-corrected chi connectivity index (χ0v) is 19.3. The third kappa shape index (κ3) is 3.10. The number of H-pyrrole nitrogens is 1. The molecule has 1 saturated heterocycles. The average Bonchev–Trinajstić information content (AvgIpc) is 3.72. The van der Waals surface area contributed by atoms with Crippen LogP contribution in [0.2, 0.25) is 0 Å². The number of amidine groups is 1. The molecule has 172 valence electrons. The standard InChI is InChI=1S/C27H27N5O2/c1-16-10-20(6-7-22(16)19-4-5-21-12-28-30-23(21)11-19)24-29-27(8-9-27)26(34)32(24)15-17-13-31(14-17)25(33)18-2-3-18/h4-7,10-12,17-18H,2-3,8-9,13-15H2,1H3,(H,28,30). The van der Waals surface area contributed by atoms with Gasteiger partial charge in [0.25, 0.3) is 5.91 Å². The Kier molecular flexibility index (Phi) is 4.11. The van der Waals surface area contributed by atoms with Crippen LogP contribution in [0.4, 0.5) is 0 Å². The number of carbonyl (C=O) groups excluding carboxylic acids is 2. The molecule has 7 nitrogen and oxygen atoms in total. The van der Waals surface area contributed by atoms with E-state index in [1.165, 1.54) is 0 Å². The van der Waals surface area contributed by atoms with Crippen LogP contribution >= 0.6 is 0 Å². The van der Waals surface area contributed by atoms with Crippen LogP contribution < -0.4 is 0 Å². The molecule has 34 heavy (non-hydrogen) atoms. The van der Waals surface area contributed by atoms with E-state index in [1.54, 1.807) is 0 Å². The van der Waals surface area contributed by atoms with Crippen molar-refractivity contribution < 1.29 is 9.59 Å².